The fourth-order valence-electron chi connectivity index (χ4n) is 2.11. The molecular weight excluding hydrogens is 310 g/mol. The minimum Gasteiger partial charge on any atom is -0.325 e. The number of rotatable bonds is 3. The molecule has 0 bridgehead atoms. The molecule has 5 nitrogen and oxygen atoms in total. The Morgan fingerprint density at radius 3 is 2.43 bits per heavy atom. The zero-order valence-electron chi connectivity index (χ0n) is 12.2. The number of amidine groups is 1. The van der Waals surface area contributed by atoms with E-state index in [1.54, 1.807) is 0 Å². The second kappa shape index (κ2) is 7.11. The van der Waals surface area contributed by atoms with E-state index in [2.05, 4.69) is 15.6 Å². The maximum atomic E-state index is 12.3. The molecule has 0 aromatic heterocycles. The molecule has 1 saturated heterocycles. The molecule has 116 valence electrons. The molecular formula is C17H15N3O2S. The lowest BCUT2D eigenvalue weighted by Crippen LogP contribution is -2.41. The molecule has 3 rings (SSSR count). The smallest absolute Gasteiger partial charge is 0.238 e. The maximum absolute atomic E-state index is 12.3. The van der Waals surface area contributed by atoms with Crippen LogP contribution in [0.1, 0.15) is 6.42 Å². The van der Waals surface area contributed by atoms with E-state index in [0.29, 0.717) is 10.9 Å². The van der Waals surface area contributed by atoms with E-state index in [-0.39, 0.29) is 18.2 Å². The molecule has 1 aliphatic heterocycles. The summed E-state index contributed by atoms with van der Waals surface area (Å²) < 4.78 is 0. The van der Waals surface area contributed by atoms with Crippen LogP contribution in [0.2, 0.25) is 0 Å². The van der Waals surface area contributed by atoms with Crippen LogP contribution in [0.3, 0.4) is 0 Å². The molecule has 23 heavy (non-hydrogen) atoms. The van der Waals surface area contributed by atoms with Crippen molar-refractivity contribution in [1.82, 2.24) is 5.32 Å². The predicted octanol–water partition coefficient (Wildman–Crippen LogP) is 2.93. The van der Waals surface area contributed by atoms with Crippen molar-refractivity contribution in [3.63, 3.8) is 0 Å². The second-order valence-electron chi connectivity index (χ2n) is 4.97. The normalized spacial score (nSPS) is 19.2. The van der Waals surface area contributed by atoms with Crippen LogP contribution in [0.15, 0.2) is 65.7 Å². The van der Waals surface area contributed by atoms with Gasteiger partial charge in [0, 0.05) is 12.1 Å². The van der Waals surface area contributed by atoms with Gasteiger partial charge in [-0.25, -0.2) is 4.99 Å². The van der Waals surface area contributed by atoms with E-state index in [4.69, 9.17) is 0 Å². The number of amides is 2. The first-order valence-corrected chi connectivity index (χ1v) is 8.05. The highest BCUT2D eigenvalue weighted by Gasteiger charge is 2.30. The van der Waals surface area contributed by atoms with Gasteiger partial charge in [0.1, 0.15) is 5.25 Å². The third kappa shape index (κ3) is 4.20. The van der Waals surface area contributed by atoms with Crippen molar-refractivity contribution < 1.29 is 9.59 Å². The molecule has 0 radical (unpaired) electrons. The summed E-state index contributed by atoms with van der Waals surface area (Å²) in [5.41, 5.74) is 1.45. The Bertz CT molecular complexity index is 732. The Balaban J connectivity index is 1.72. The summed E-state index contributed by atoms with van der Waals surface area (Å²) in [5.74, 6) is -0.400. The van der Waals surface area contributed by atoms with Crippen molar-refractivity contribution in [2.24, 2.45) is 4.99 Å². The van der Waals surface area contributed by atoms with Gasteiger partial charge in [-0.2, -0.15) is 0 Å². The maximum Gasteiger partial charge on any atom is 0.238 e. The van der Waals surface area contributed by atoms with E-state index in [1.807, 2.05) is 60.7 Å². The van der Waals surface area contributed by atoms with Gasteiger partial charge in [-0.15, -0.1) is 0 Å². The Kier molecular flexibility index (Phi) is 4.73. The number of carbonyl (C=O) groups excluding carboxylic acids is 2. The first-order valence-electron chi connectivity index (χ1n) is 7.17. The lowest BCUT2D eigenvalue weighted by Gasteiger charge is -2.22. The summed E-state index contributed by atoms with van der Waals surface area (Å²) in [6.45, 7) is 0. The minimum absolute atomic E-state index is 0.136. The summed E-state index contributed by atoms with van der Waals surface area (Å²) in [6, 6.07) is 18.5. The van der Waals surface area contributed by atoms with Crippen LogP contribution in [-0.2, 0) is 9.59 Å². The molecule has 2 amide bonds. The number of aliphatic imine (C=N–C) groups is 1. The lowest BCUT2D eigenvalue weighted by molar-refractivity contribution is -0.123. The third-order valence-electron chi connectivity index (χ3n) is 3.19. The number of para-hydroxylation sites is 2. The minimum atomic E-state index is -0.494. The molecule has 2 aromatic carbocycles. The lowest BCUT2D eigenvalue weighted by atomic mass is 10.2. The molecule has 1 aliphatic rings. The Morgan fingerprint density at radius 2 is 1.74 bits per heavy atom. The molecule has 0 aliphatic carbocycles. The van der Waals surface area contributed by atoms with Crippen molar-refractivity contribution in [3.8, 4) is 0 Å². The average molecular weight is 325 g/mol. The highest BCUT2D eigenvalue weighted by molar-refractivity contribution is 8.15. The molecule has 0 spiro atoms. The van der Waals surface area contributed by atoms with E-state index in [9.17, 15) is 9.59 Å². The molecule has 6 heteroatoms. The van der Waals surface area contributed by atoms with E-state index in [0.717, 1.165) is 5.69 Å². The van der Waals surface area contributed by atoms with Crippen molar-refractivity contribution in [2.75, 3.05) is 5.32 Å². The Morgan fingerprint density at radius 1 is 1.09 bits per heavy atom. The summed E-state index contributed by atoms with van der Waals surface area (Å²) in [7, 11) is 0. The molecule has 2 aromatic rings. The molecule has 2 N–H and O–H groups in total. The van der Waals surface area contributed by atoms with Crippen LogP contribution < -0.4 is 10.6 Å². The zero-order valence-corrected chi connectivity index (χ0v) is 13.0. The van der Waals surface area contributed by atoms with E-state index < -0.39 is 5.25 Å². The van der Waals surface area contributed by atoms with Gasteiger partial charge in [-0.05, 0) is 24.3 Å². The zero-order chi connectivity index (χ0) is 16.1. The Labute approximate surface area is 138 Å². The van der Waals surface area contributed by atoms with Crippen LogP contribution in [0.4, 0.5) is 11.4 Å². The second-order valence-corrected chi connectivity index (χ2v) is 6.16. The molecule has 1 atom stereocenters. The van der Waals surface area contributed by atoms with Gasteiger partial charge in [0.05, 0.1) is 5.69 Å². The SMILES string of the molecule is O=C1C[C@@H](C(=O)Nc2ccccc2)SC(=Nc2ccccc2)N1. The van der Waals surface area contributed by atoms with E-state index in [1.165, 1.54) is 11.8 Å². The van der Waals surface area contributed by atoms with Crippen LogP contribution >= 0.6 is 11.8 Å². The third-order valence-corrected chi connectivity index (χ3v) is 4.27. The number of carbonyl (C=O) groups is 2. The standard InChI is InChI=1S/C17H15N3O2S/c21-15-11-14(16(22)18-12-7-3-1-4-8-12)23-17(20-15)19-13-9-5-2-6-10-13/h1-10,14H,11H2,(H,18,22)(H,19,20,21)/t14-/m0/s1. The van der Waals surface area contributed by atoms with Crippen molar-refractivity contribution >= 4 is 40.1 Å². The number of hydrogen-bond donors (Lipinski definition) is 2. The molecule has 1 fully saturated rings. The van der Waals surface area contributed by atoms with Gasteiger partial charge >= 0.3 is 0 Å². The van der Waals surface area contributed by atoms with Gasteiger partial charge in [-0.1, -0.05) is 48.2 Å². The quantitative estimate of drug-likeness (QED) is 0.911. The first-order chi connectivity index (χ1) is 11.2. The number of anilines is 1. The van der Waals surface area contributed by atoms with Gasteiger partial charge in [0.25, 0.3) is 0 Å². The highest BCUT2D eigenvalue weighted by Crippen LogP contribution is 2.24. The molecule has 0 saturated carbocycles. The summed E-state index contributed by atoms with van der Waals surface area (Å²) in [5, 5.41) is 5.48. The number of nitrogens with zero attached hydrogens (tertiary/aromatic N) is 1. The van der Waals surface area contributed by atoms with Crippen LogP contribution in [0, 0.1) is 0 Å². The van der Waals surface area contributed by atoms with Gasteiger partial charge < -0.3 is 10.6 Å². The summed E-state index contributed by atoms with van der Waals surface area (Å²) in [4.78, 5) is 28.6. The van der Waals surface area contributed by atoms with Crippen molar-refractivity contribution in [3.05, 3.63) is 60.7 Å². The van der Waals surface area contributed by atoms with Crippen LogP contribution in [-0.4, -0.2) is 22.2 Å². The van der Waals surface area contributed by atoms with E-state index >= 15 is 0 Å². The topological polar surface area (TPSA) is 70.6 Å². The van der Waals surface area contributed by atoms with Crippen LogP contribution in [0.5, 0.6) is 0 Å². The van der Waals surface area contributed by atoms with Gasteiger partial charge in [0.2, 0.25) is 11.8 Å². The highest BCUT2D eigenvalue weighted by atomic mass is 32.2. The van der Waals surface area contributed by atoms with Gasteiger partial charge in [0.15, 0.2) is 5.17 Å². The number of nitrogens with one attached hydrogen (secondary N) is 2. The van der Waals surface area contributed by atoms with Crippen LogP contribution in [0.25, 0.3) is 0 Å². The van der Waals surface area contributed by atoms with Crippen molar-refractivity contribution in [1.29, 1.82) is 0 Å². The molecule has 0 unspecified atom stereocenters. The fourth-order valence-corrected chi connectivity index (χ4v) is 3.11. The number of benzene rings is 2. The number of thioether (sulfide) groups is 1. The monoisotopic (exact) mass is 325 g/mol. The summed E-state index contributed by atoms with van der Waals surface area (Å²) >= 11 is 1.26. The van der Waals surface area contributed by atoms with Gasteiger partial charge in [-0.3, -0.25) is 9.59 Å². The fraction of sp³-hybridized carbons (Fsp3) is 0.118. The Hall–Kier alpha value is -2.60. The van der Waals surface area contributed by atoms with Crippen molar-refractivity contribution in [2.45, 2.75) is 11.7 Å². The first kappa shape index (κ1) is 15.3. The average Bonchev–Trinajstić information content (AvgIpc) is 2.56. The largest absolute Gasteiger partial charge is 0.325 e. The molecule has 1 heterocycles. The predicted molar refractivity (Wildman–Crippen MR) is 92.7 cm³/mol. The summed E-state index contributed by atoms with van der Waals surface area (Å²) in [6.07, 6.45) is 0.136. The number of hydrogen-bond acceptors (Lipinski definition) is 4.